The van der Waals surface area contributed by atoms with E-state index < -0.39 is 23.6 Å². The predicted octanol–water partition coefficient (Wildman–Crippen LogP) is 7.96. The van der Waals surface area contributed by atoms with Crippen molar-refractivity contribution in [1.29, 1.82) is 0 Å². The van der Waals surface area contributed by atoms with Gasteiger partial charge in [-0.25, -0.2) is 0 Å². The molecule has 1 aromatic heterocycles. The molecule has 0 spiro atoms. The predicted molar refractivity (Wildman–Crippen MR) is 186 cm³/mol. The third-order valence-electron chi connectivity index (χ3n) is 7.61. The zero-order valence-electron chi connectivity index (χ0n) is 29.8. The zero-order chi connectivity index (χ0) is 34.3. The van der Waals surface area contributed by atoms with Gasteiger partial charge in [-0.2, -0.15) is 0 Å². The number of benzene rings is 1. The summed E-state index contributed by atoms with van der Waals surface area (Å²) in [4.78, 5) is 44.4. The number of likely N-dealkylation sites (tertiary alicyclic amines) is 1. The number of hydrogen-bond acceptors (Lipinski definition) is 6. The van der Waals surface area contributed by atoms with Gasteiger partial charge in [0.2, 0.25) is 11.8 Å². The van der Waals surface area contributed by atoms with Crippen molar-refractivity contribution in [2.75, 3.05) is 6.54 Å². The van der Waals surface area contributed by atoms with E-state index in [-0.39, 0.29) is 41.9 Å². The first-order valence-corrected chi connectivity index (χ1v) is 17.2. The lowest BCUT2D eigenvalue weighted by atomic mass is 9.80. The number of nitrogens with one attached hydrogen (secondary N) is 1. The zero-order valence-corrected chi connectivity index (χ0v) is 30.6. The number of amides is 2. The minimum absolute atomic E-state index is 0.125. The van der Waals surface area contributed by atoms with E-state index in [4.69, 9.17) is 0 Å². The molecule has 0 saturated carbocycles. The number of aryl methyl sites for hydroxylation is 1. The number of unbranched alkanes of at least 4 members (excludes halogenated alkanes) is 1. The fraction of sp³-hybridized carbons (Fsp3) is 0.667. The van der Waals surface area contributed by atoms with Crippen molar-refractivity contribution in [1.82, 2.24) is 15.2 Å². The lowest BCUT2D eigenvalue weighted by Crippen LogP contribution is -2.58. The average molecular weight is 632 g/mol. The molecule has 2 amide bonds. The highest BCUT2D eigenvalue weighted by atomic mass is 32.1. The fourth-order valence-electron chi connectivity index (χ4n) is 4.49. The van der Waals surface area contributed by atoms with Crippen molar-refractivity contribution >= 4 is 28.9 Å². The van der Waals surface area contributed by atoms with Crippen LogP contribution in [-0.2, 0) is 20.8 Å². The first kappa shape index (κ1) is 41.4. The maximum absolute atomic E-state index is 13.1. The minimum Gasteiger partial charge on any atom is -0.391 e. The number of rotatable bonds is 8. The van der Waals surface area contributed by atoms with Crippen molar-refractivity contribution in [3.63, 3.8) is 0 Å². The molecule has 2 aromatic rings. The van der Waals surface area contributed by atoms with Crippen LogP contribution in [0.5, 0.6) is 0 Å². The van der Waals surface area contributed by atoms with Crippen LogP contribution in [0.4, 0.5) is 0 Å². The summed E-state index contributed by atoms with van der Waals surface area (Å²) in [6.07, 6.45) is 5.20. The maximum Gasteiger partial charge on any atom is 0.246 e. The molecule has 0 radical (unpaired) electrons. The van der Waals surface area contributed by atoms with Crippen LogP contribution in [0.2, 0.25) is 0 Å². The largest absolute Gasteiger partial charge is 0.391 e. The van der Waals surface area contributed by atoms with E-state index >= 15 is 0 Å². The van der Waals surface area contributed by atoms with Crippen LogP contribution in [0.3, 0.4) is 0 Å². The first-order valence-electron chi connectivity index (χ1n) is 16.3. The summed E-state index contributed by atoms with van der Waals surface area (Å²) in [7, 11) is 0. The van der Waals surface area contributed by atoms with Gasteiger partial charge in [0.1, 0.15) is 6.04 Å². The molecule has 1 aliphatic heterocycles. The lowest BCUT2D eigenvalue weighted by Gasteiger charge is -2.37. The van der Waals surface area contributed by atoms with Gasteiger partial charge in [-0.1, -0.05) is 114 Å². The van der Waals surface area contributed by atoms with Crippen molar-refractivity contribution < 1.29 is 19.5 Å². The molecule has 4 unspecified atom stereocenters. The highest BCUT2D eigenvalue weighted by Crippen LogP contribution is 2.29. The second-order valence-corrected chi connectivity index (χ2v) is 14.0. The Kier molecular flexibility index (Phi) is 18.6. The van der Waals surface area contributed by atoms with E-state index in [1.807, 2.05) is 87.9 Å². The average Bonchev–Trinajstić information content (AvgIpc) is 3.66. The molecule has 0 bridgehead atoms. The van der Waals surface area contributed by atoms with Crippen LogP contribution in [0.15, 0.2) is 36.0 Å². The van der Waals surface area contributed by atoms with Crippen LogP contribution >= 0.6 is 11.3 Å². The molecule has 1 fully saturated rings. The van der Waals surface area contributed by atoms with Crippen LogP contribution in [-0.4, -0.2) is 57.3 Å². The Hall–Kier alpha value is -2.58. The van der Waals surface area contributed by atoms with Gasteiger partial charge in [0.05, 0.1) is 22.5 Å². The number of aliphatic hydroxyl groups excluding tert-OH is 1. The summed E-state index contributed by atoms with van der Waals surface area (Å²) < 4.78 is 0. The molecular weight excluding hydrogens is 570 g/mol. The number of β-amino-alcohol motifs (C(OH)–C–C–N with tert-alkyl or cyclic N) is 1. The van der Waals surface area contributed by atoms with E-state index in [1.165, 1.54) is 47.1 Å². The molecule has 0 aliphatic carbocycles. The van der Waals surface area contributed by atoms with Crippen molar-refractivity contribution in [2.45, 2.75) is 134 Å². The van der Waals surface area contributed by atoms with Gasteiger partial charge < -0.3 is 15.3 Å². The smallest absolute Gasteiger partial charge is 0.246 e. The highest BCUT2D eigenvalue weighted by molar-refractivity contribution is 7.13. The third-order valence-corrected chi connectivity index (χ3v) is 8.44. The Bertz CT molecular complexity index is 1100. The maximum atomic E-state index is 13.1. The number of ketones is 1. The first-order chi connectivity index (χ1) is 20.6. The van der Waals surface area contributed by atoms with Gasteiger partial charge in [-0.05, 0) is 41.7 Å². The molecule has 2 heterocycles. The van der Waals surface area contributed by atoms with Crippen molar-refractivity contribution in [2.24, 2.45) is 16.7 Å². The Labute approximate surface area is 272 Å². The van der Waals surface area contributed by atoms with Crippen molar-refractivity contribution in [3.05, 3.63) is 41.5 Å². The van der Waals surface area contributed by atoms with Gasteiger partial charge in [0.15, 0.2) is 5.78 Å². The molecule has 1 aliphatic rings. The Morgan fingerprint density at radius 2 is 1.59 bits per heavy atom. The number of hydrogen-bond donors (Lipinski definition) is 2. The summed E-state index contributed by atoms with van der Waals surface area (Å²) in [5.41, 5.74) is 3.85. The minimum atomic E-state index is -0.753. The summed E-state index contributed by atoms with van der Waals surface area (Å²) in [6, 6.07) is 7.47. The number of Topliss-reactive ketones (excluding diaryl/α,β-unsaturated/α-hetero) is 1. The number of carbonyl (C=O) groups is 3. The molecule has 8 heteroatoms. The number of carbonyl (C=O) groups excluding carboxylic acids is 3. The van der Waals surface area contributed by atoms with Gasteiger partial charge in [0, 0.05) is 25.1 Å². The van der Waals surface area contributed by atoms with Gasteiger partial charge >= 0.3 is 0 Å². The Morgan fingerprint density at radius 1 is 1.02 bits per heavy atom. The van der Waals surface area contributed by atoms with Gasteiger partial charge in [0.25, 0.3) is 0 Å². The fourth-order valence-corrected chi connectivity index (χ4v) is 5.12. The van der Waals surface area contributed by atoms with Crippen LogP contribution in [0, 0.1) is 16.7 Å². The SMILES string of the molecule is CC.CC.CC(=O)C1CC(O)CN1C(=O)C(NC(=O)C(C)C(C)(C)C)C(C)(C)C.CCCCc1ccc(-c2cncs2)cc1. The van der Waals surface area contributed by atoms with E-state index in [1.54, 1.807) is 11.3 Å². The number of aliphatic hydroxyl groups is 1. The molecule has 7 nitrogen and oxygen atoms in total. The molecule has 4 atom stereocenters. The highest BCUT2D eigenvalue weighted by Gasteiger charge is 2.44. The molecule has 2 N–H and O–H groups in total. The second-order valence-electron chi connectivity index (χ2n) is 13.1. The topological polar surface area (TPSA) is 99.6 Å². The molecule has 44 heavy (non-hydrogen) atoms. The summed E-state index contributed by atoms with van der Waals surface area (Å²) in [5.74, 6) is -0.900. The molecule has 250 valence electrons. The second kappa shape index (κ2) is 19.7. The summed E-state index contributed by atoms with van der Waals surface area (Å²) in [5, 5.41) is 12.8. The monoisotopic (exact) mass is 631 g/mol. The van der Waals surface area contributed by atoms with Gasteiger partial charge in [-0.3, -0.25) is 19.4 Å². The lowest BCUT2D eigenvalue weighted by molar-refractivity contribution is -0.144. The molecular formula is C36H61N3O4S. The molecule has 3 rings (SSSR count). The van der Waals surface area contributed by atoms with Crippen molar-refractivity contribution in [3.8, 4) is 10.4 Å². The quantitative estimate of drug-likeness (QED) is 0.308. The standard InChI is InChI=1S/C19H34N2O4.C13H15NS.2C2H6/c1-11(18(3,4)5)16(24)20-15(19(6,7)8)17(25)21-10-13(23)9-14(21)12(2)22;1-2-3-4-11-5-7-12(8-6-11)13-9-14-10-15-13;2*1-2/h11,13-15,23H,9-10H2,1-8H3,(H,20,24);5-10H,2-4H2,1H3;2*1-2H3. The number of nitrogens with zero attached hydrogens (tertiary/aromatic N) is 2. The summed E-state index contributed by atoms with van der Waals surface area (Å²) >= 11 is 1.69. The van der Waals surface area contributed by atoms with E-state index in [2.05, 4.69) is 41.5 Å². The normalized spacial score (nSPS) is 17.5. The van der Waals surface area contributed by atoms with E-state index in [9.17, 15) is 19.5 Å². The van der Waals surface area contributed by atoms with Gasteiger partial charge in [-0.15, -0.1) is 11.3 Å². The van der Waals surface area contributed by atoms with Crippen LogP contribution < -0.4 is 5.32 Å². The van der Waals surface area contributed by atoms with E-state index in [0.29, 0.717) is 0 Å². The van der Waals surface area contributed by atoms with E-state index in [0.717, 1.165) is 0 Å². The number of thiazole rings is 1. The van der Waals surface area contributed by atoms with Crippen LogP contribution in [0.1, 0.15) is 115 Å². The molecule has 1 saturated heterocycles. The Balaban J connectivity index is 0.000000824. The number of aromatic nitrogens is 1. The van der Waals surface area contributed by atoms with Crippen LogP contribution in [0.25, 0.3) is 10.4 Å². The summed E-state index contributed by atoms with van der Waals surface area (Å²) in [6.45, 7) is 25.2. The molecule has 1 aromatic carbocycles. The third kappa shape index (κ3) is 13.2. The Morgan fingerprint density at radius 3 is 2.02 bits per heavy atom.